The largest absolute Gasteiger partial charge is 0.490 e. The SMILES string of the molecule is CC(C)C=CC(=O)CCCCCn1cc(-c2ccc3c(c2)N(c2nc4c(s2)C(=O)NC(C)(C)C4)CCO3)cn1. The lowest BCUT2D eigenvalue weighted by Gasteiger charge is -2.29. The minimum absolute atomic E-state index is 0.0470. The molecular formula is C30H37N5O3S. The van der Waals surface area contributed by atoms with Crippen LogP contribution in [-0.4, -0.2) is 45.1 Å². The number of allylic oxidation sites excluding steroid dienone is 2. The van der Waals surface area contributed by atoms with Crippen LogP contribution in [0.15, 0.2) is 42.7 Å². The number of anilines is 2. The highest BCUT2D eigenvalue weighted by Crippen LogP contribution is 2.42. The first-order chi connectivity index (χ1) is 18.7. The smallest absolute Gasteiger partial charge is 0.263 e. The van der Waals surface area contributed by atoms with Crippen molar-refractivity contribution < 1.29 is 14.3 Å². The predicted octanol–water partition coefficient (Wildman–Crippen LogP) is 5.94. The number of ether oxygens (including phenoxy) is 1. The number of aryl methyl sites for hydroxylation is 1. The van der Waals surface area contributed by atoms with Gasteiger partial charge < -0.3 is 15.0 Å². The van der Waals surface area contributed by atoms with E-state index in [4.69, 9.17) is 9.72 Å². The van der Waals surface area contributed by atoms with Crippen molar-refractivity contribution >= 4 is 33.8 Å². The van der Waals surface area contributed by atoms with Crippen molar-refractivity contribution in [3.8, 4) is 16.9 Å². The highest BCUT2D eigenvalue weighted by molar-refractivity contribution is 7.17. The number of ketones is 1. The van der Waals surface area contributed by atoms with Crippen LogP contribution in [0.3, 0.4) is 0 Å². The molecule has 0 spiro atoms. The molecule has 1 amide bonds. The summed E-state index contributed by atoms with van der Waals surface area (Å²) >= 11 is 1.44. The van der Waals surface area contributed by atoms with Gasteiger partial charge in [-0.15, -0.1) is 0 Å². The Kier molecular flexibility index (Phi) is 7.88. The van der Waals surface area contributed by atoms with Crippen molar-refractivity contribution in [1.29, 1.82) is 0 Å². The molecule has 1 aromatic carbocycles. The molecule has 8 nitrogen and oxygen atoms in total. The molecule has 0 saturated carbocycles. The lowest BCUT2D eigenvalue weighted by atomic mass is 9.94. The molecule has 3 aromatic rings. The highest BCUT2D eigenvalue weighted by atomic mass is 32.1. The summed E-state index contributed by atoms with van der Waals surface area (Å²) in [7, 11) is 0. The first-order valence-corrected chi connectivity index (χ1v) is 14.6. The molecule has 5 rings (SSSR count). The number of nitrogens with zero attached hydrogens (tertiary/aromatic N) is 4. The molecule has 2 aliphatic heterocycles. The number of thiazole rings is 1. The number of amides is 1. The topological polar surface area (TPSA) is 89.4 Å². The van der Waals surface area contributed by atoms with Crippen LogP contribution in [0.5, 0.6) is 5.75 Å². The summed E-state index contributed by atoms with van der Waals surface area (Å²) in [5, 5.41) is 8.47. The number of carbonyl (C=O) groups excluding carboxylic acids is 2. The summed E-state index contributed by atoms with van der Waals surface area (Å²) in [6.07, 6.45) is 11.8. The number of nitrogens with one attached hydrogen (secondary N) is 1. The first kappa shape index (κ1) is 27.1. The van der Waals surface area contributed by atoms with Gasteiger partial charge in [-0.05, 0) is 56.4 Å². The minimum atomic E-state index is -0.298. The van der Waals surface area contributed by atoms with Gasteiger partial charge in [0.05, 0.1) is 24.1 Å². The standard InChI is InChI=1S/C30H37N5O3S/c1-20(2)9-11-23(36)8-6-5-7-13-34-19-22(18-31-34)21-10-12-26-25(16-21)35(14-15-38-26)29-32-24-17-30(3,4)33-28(37)27(24)39-29/h9-12,16,18-20H,5-8,13-15,17H2,1-4H3,(H,33,37). The lowest BCUT2D eigenvalue weighted by Crippen LogP contribution is -2.48. The molecule has 9 heteroatoms. The van der Waals surface area contributed by atoms with Gasteiger partial charge in [0, 0.05) is 36.7 Å². The van der Waals surface area contributed by atoms with Gasteiger partial charge in [-0.2, -0.15) is 5.10 Å². The number of rotatable bonds is 10. The summed E-state index contributed by atoms with van der Waals surface area (Å²) in [5.74, 6) is 1.38. The van der Waals surface area contributed by atoms with E-state index < -0.39 is 0 Å². The molecule has 4 heterocycles. The number of aromatic nitrogens is 3. The lowest BCUT2D eigenvalue weighted by molar-refractivity contribution is -0.114. The first-order valence-electron chi connectivity index (χ1n) is 13.8. The Bertz CT molecular complexity index is 1390. The van der Waals surface area contributed by atoms with E-state index in [0.29, 0.717) is 36.8 Å². The summed E-state index contributed by atoms with van der Waals surface area (Å²) < 4.78 is 7.93. The molecule has 1 N–H and O–H groups in total. The average molecular weight is 548 g/mol. The Morgan fingerprint density at radius 3 is 2.90 bits per heavy atom. The van der Waals surface area contributed by atoms with E-state index >= 15 is 0 Å². The summed E-state index contributed by atoms with van der Waals surface area (Å²) in [5.41, 5.74) is 3.61. The molecule has 0 unspecified atom stereocenters. The van der Waals surface area contributed by atoms with Crippen LogP contribution in [0, 0.1) is 5.92 Å². The highest BCUT2D eigenvalue weighted by Gasteiger charge is 2.34. The number of hydrogen-bond acceptors (Lipinski definition) is 7. The molecule has 206 valence electrons. The quantitative estimate of drug-likeness (QED) is 0.249. The summed E-state index contributed by atoms with van der Waals surface area (Å²) in [4.78, 5) is 32.3. The Morgan fingerprint density at radius 2 is 2.08 bits per heavy atom. The van der Waals surface area contributed by atoms with Crippen molar-refractivity contribution in [2.45, 2.75) is 71.9 Å². The molecule has 0 saturated heterocycles. The van der Waals surface area contributed by atoms with Gasteiger partial charge >= 0.3 is 0 Å². The van der Waals surface area contributed by atoms with E-state index in [1.54, 1.807) is 6.08 Å². The molecule has 2 aliphatic rings. The van der Waals surface area contributed by atoms with Crippen molar-refractivity contribution in [2.24, 2.45) is 5.92 Å². The maximum atomic E-state index is 12.7. The molecule has 0 atom stereocenters. The van der Waals surface area contributed by atoms with Gasteiger partial charge in [0.15, 0.2) is 10.9 Å². The zero-order valence-corrected chi connectivity index (χ0v) is 24.0. The zero-order chi connectivity index (χ0) is 27.6. The molecule has 0 radical (unpaired) electrons. The summed E-state index contributed by atoms with van der Waals surface area (Å²) in [6, 6.07) is 6.18. The number of unbranched alkanes of at least 4 members (excludes halogenated alkanes) is 2. The fourth-order valence-corrected chi connectivity index (χ4v) is 5.96. The molecule has 0 bridgehead atoms. The van der Waals surface area contributed by atoms with E-state index in [0.717, 1.165) is 59.2 Å². The Morgan fingerprint density at radius 1 is 1.23 bits per heavy atom. The fraction of sp³-hybridized carbons (Fsp3) is 0.467. The third-order valence-electron chi connectivity index (χ3n) is 6.95. The predicted molar refractivity (Wildman–Crippen MR) is 155 cm³/mol. The maximum absolute atomic E-state index is 12.7. The van der Waals surface area contributed by atoms with E-state index in [1.807, 2.05) is 36.9 Å². The van der Waals surface area contributed by atoms with Gasteiger partial charge in [0.1, 0.15) is 17.2 Å². The Labute approximate surface area is 234 Å². The van der Waals surface area contributed by atoms with Crippen LogP contribution in [-0.2, 0) is 17.8 Å². The Balaban J connectivity index is 1.24. The number of carbonyl (C=O) groups is 2. The Hall–Kier alpha value is -3.46. The monoisotopic (exact) mass is 547 g/mol. The van der Waals surface area contributed by atoms with E-state index in [9.17, 15) is 9.59 Å². The second-order valence-corrected chi connectivity index (χ2v) is 12.3. The second-order valence-electron chi connectivity index (χ2n) is 11.3. The second kappa shape index (κ2) is 11.3. The third-order valence-corrected chi connectivity index (χ3v) is 8.07. The van der Waals surface area contributed by atoms with Crippen molar-refractivity contribution in [3.05, 3.63) is 53.3 Å². The normalized spacial score (nSPS) is 16.2. The van der Waals surface area contributed by atoms with Gasteiger partial charge in [-0.25, -0.2) is 4.98 Å². The fourth-order valence-electron chi connectivity index (χ4n) is 4.94. The van der Waals surface area contributed by atoms with Crippen LogP contribution in [0.1, 0.15) is 68.7 Å². The van der Waals surface area contributed by atoms with Crippen molar-refractivity contribution in [1.82, 2.24) is 20.1 Å². The van der Waals surface area contributed by atoms with Gasteiger partial charge in [0.2, 0.25) is 0 Å². The molecular weight excluding hydrogens is 510 g/mol. The third kappa shape index (κ3) is 6.41. The minimum Gasteiger partial charge on any atom is -0.490 e. The molecule has 0 aliphatic carbocycles. The number of fused-ring (bicyclic) bond motifs is 2. The number of benzene rings is 1. The zero-order valence-electron chi connectivity index (χ0n) is 23.2. The van der Waals surface area contributed by atoms with Gasteiger partial charge in [-0.3, -0.25) is 14.3 Å². The number of hydrogen-bond donors (Lipinski definition) is 1. The molecule has 0 fully saturated rings. The van der Waals surface area contributed by atoms with E-state index in [1.165, 1.54) is 11.3 Å². The van der Waals surface area contributed by atoms with Gasteiger partial charge in [0.25, 0.3) is 5.91 Å². The van der Waals surface area contributed by atoms with Crippen molar-refractivity contribution in [2.75, 3.05) is 18.1 Å². The van der Waals surface area contributed by atoms with Crippen LogP contribution >= 0.6 is 11.3 Å². The molecule has 39 heavy (non-hydrogen) atoms. The van der Waals surface area contributed by atoms with Gasteiger partial charge in [-0.1, -0.05) is 43.7 Å². The van der Waals surface area contributed by atoms with E-state index in [-0.39, 0.29) is 17.2 Å². The van der Waals surface area contributed by atoms with Crippen LogP contribution < -0.4 is 15.0 Å². The van der Waals surface area contributed by atoms with Crippen LogP contribution in [0.25, 0.3) is 11.1 Å². The summed E-state index contributed by atoms with van der Waals surface area (Å²) in [6.45, 7) is 10.2. The van der Waals surface area contributed by atoms with Crippen molar-refractivity contribution in [3.63, 3.8) is 0 Å². The van der Waals surface area contributed by atoms with Crippen LogP contribution in [0.4, 0.5) is 10.8 Å². The molecule has 2 aromatic heterocycles. The van der Waals surface area contributed by atoms with E-state index in [2.05, 4.69) is 47.5 Å². The maximum Gasteiger partial charge on any atom is 0.263 e. The average Bonchev–Trinajstić information content (AvgIpc) is 3.53. The van der Waals surface area contributed by atoms with Crippen LogP contribution in [0.2, 0.25) is 0 Å².